The molecule has 1 aromatic rings. The van der Waals surface area contributed by atoms with E-state index in [4.69, 9.17) is 0 Å². The van der Waals surface area contributed by atoms with Crippen LogP contribution in [0.15, 0.2) is 35.3 Å². The maximum absolute atomic E-state index is 3.81. The molecule has 1 rings (SSSR count). The molecule has 0 bridgehead atoms. The summed E-state index contributed by atoms with van der Waals surface area (Å²) >= 11 is 3.67. The van der Waals surface area contributed by atoms with Crippen LogP contribution in [0.2, 0.25) is 0 Å². The van der Waals surface area contributed by atoms with Crippen molar-refractivity contribution in [3.8, 4) is 0 Å². The van der Waals surface area contributed by atoms with Crippen LogP contribution < -0.4 is 10.2 Å². The zero-order valence-electron chi connectivity index (χ0n) is 11.5. The number of likely N-dealkylation sites (N-methyl/N-ethyl adjacent to an activating group) is 1. The van der Waals surface area contributed by atoms with E-state index in [9.17, 15) is 0 Å². The minimum atomic E-state index is 0.384. The number of benzene rings is 1. The molecule has 0 aliphatic heterocycles. The Bertz CT molecular complexity index is 390. The molecular formula is C15H23BrN2. The number of halogens is 1. The summed E-state index contributed by atoms with van der Waals surface area (Å²) in [5.74, 6) is 0. The predicted molar refractivity (Wildman–Crippen MR) is 84.3 cm³/mol. The van der Waals surface area contributed by atoms with Gasteiger partial charge in [-0.05, 0) is 54.0 Å². The van der Waals surface area contributed by atoms with Gasteiger partial charge >= 0.3 is 0 Å². The molecule has 1 aromatic carbocycles. The monoisotopic (exact) mass is 310 g/mol. The Morgan fingerprint density at radius 2 is 2.17 bits per heavy atom. The van der Waals surface area contributed by atoms with Crippen LogP contribution in [0.4, 0.5) is 5.69 Å². The molecule has 0 fully saturated rings. The first kappa shape index (κ1) is 15.3. The Morgan fingerprint density at radius 1 is 1.44 bits per heavy atom. The molecule has 1 N–H and O–H groups in total. The van der Waals surface area contributed by atoms with Gasteiger partial charge in [-0.2, -0.15) is 0 Å². The van der Waals surface area contributed by atoms with Crippen molar-refractivity contribution < 1.29 is 0 Å². The molecule has 1 atom stereocenters. The molecule has 0 heterocycles. The maximum atomic E-state index is 3.81. The van der Waals surface area contributed by atoms with Gasteiger partial charge in [0, 0.05) is 23.6 Å². The van der Waals surface area contributed by atoms with Gasteiger partial charge in [0.05, 0.1) is 5.69 Å². The highest BCUT2D eigenvalue weighted by Gasteiger charge is 2.10. The number of nitrogens with one attached hydrogen (secondary N) is 1. The molecular weight excluding hydrogens is 288 g/mol. The van der Waals surface area contributed by atoms with Crippen molar-refractivity contribution in [2.45, 2.75) is 26.8 Å². The predicted octanol–water partition coefficient (Wildman–Crippen LogP) is 4.13. The molecule has 0 aliphatic carbocycles. The van der Waals surface area contributed by atoms with Crippen molar-refractivity contribution in [1.82, 2.24) is 5.32 Å². The minimum Gasteiger partial charge on any atom is -0.367 e. The van der Waals surface area contributed by atoms with Gasteiger partial charge in [0.1, 0.15) is 0 Å². The molecule has 0 amide bonds. The number of hydrogen-bond acceptors (Lipinski definition) is 2. The third-order valence-corrected chi connectivity index (χ3v) is 3.69. The molecule has 0 saturated carbocycles. The third-order valence-electron chi connectivity index (χ3n) is 3.05. The molecule has 0 spiro atoms. The largest absolute Gasteiger partial charge is 0.367 e. The number of nitrogens with zero attached hydrogens (tertiary/aromatic N) is 1. The summed E-state index contributed by atoms with van der Waals surface area (Å²) in [5, 5.41) is 3.43. The van der Waals surface area contributed by atoms with Crippen LogP contribution in [0.5, 0.6) is 0 Å². The molecule has 1 unspecified atom stereocenters. The van der Waals surface area contributed by atoms with E-state index in [1.54, 1.807) is 0 Å². The van der Waals surface area contributed by atoms with Crippen molar-refractivity contribution in [3.05, 3.63) is 40.9 Å². The Morgan fingerprint density at radius 3 is 2.67 bits per heavy atom. The average molecular weight is 311 g/mol. The Kier molecular flexibility index (Phi) is 6.44. The van der Waals surface area contributed by atoms with E-state index < -0.39 is 0 Å². The first-order chi connectivity index (χ1) is 8.63. The van der Waals surface area contributed by atoms with Crippen LogP contribution in [-0.4, -0.2) is 19.6 Å². The van der Waals surface area contributed by atoms with E-state index >= 15 is 0 Å². The van der Waals surface area contributed by atoms with Gasteiger partial charge < -0.3 is 10.2 Å². The molecule has 0 aromatic heterocycles. The van der Waals surface area contributed by atoms with Gasteiger partial charge in [-0.3, -0.25) is 0 Å². The van der Waals surface area contributed by atoms with E-state index in [0.29, 0.717) is 6.04 Å². The molecule has 2 nitrogen and oxygen atoms in total. The fraction of sp³-hybridized carbons (Fsp3) is 0.467. The third kappa shape index (κ3) is 3.85. The molecule has 0 saturated heterocycles. The van der Waals surface area contributed by atoms with Crippen LogP contribution in [0.1, 0.15) is 32.4 Å². The fourth-order valence-electron chi connectivity index (χ4n) is 2.03. The lowest BCUT2D eigenvalue weighted by Crippen LogP contribution is -2.23. The zero-order valence-corrected chi connectivity index (χ0v) is 13.1. The molecule has 3 heteroatoms. The Labute approximate surface area is 119 Å². The lowest BCUT2D eigenvalue weighted by Gasteiger charge is -2.24. The van der Waals surface area contributed by atoms with Gasteiger partial charge in [0.15, 0.2) is 0 Å². The number of rotatable bonds is 7. The van der Waals surface area contributed by atoms with Crippen LogP contribution in [0.25, 0.3) is 0 Å². The van der Waals surface area contributed by atoms with Crippen molar-refractivity contribution in [3.63, 3.8) is 0 Å². The van der Waals surface area contributed by atoms with Crippen LogP contribution >= 0.6 is 15.9 Å². The van der Waals surface area contributed by atoms with Crippen molar-refractivity contribution in [1.29, 1.82) is 0 Å². The van der Waals surface area contributed by atoms with Crippen molar-refractivity contribution >= 4 is 21.6 Å². The summed E-state index contributed by atoms with van der Waals surface area (Å²) in [7, 11) is 0. The second-order valence-electron chi connectivity index (χ2n) is 4.32. The van der Waals surface area contributed by atoms with Gasteiger partial charge in [-0.15, -0.1) is 6.58 Å². The molecule has 18 heavy (non-hydrogen) atoms. The van der Waals surface area contributed by atoms with Gasteiger partial charge in [-0.1, -0.05) is 19.1 Å². The minimum absolute atomic E-state index is 0.384. The van der Waals surface area contributed by atoms with E-state index in [0.717, 1.165) is 24.1 Å². The highest BCUT2D eigenvalue weighted by Crippen LogP contribution is 2.29. The Hall–Kier alpha value is -0.800. The van der Waals surface area contributed by atoms with E-state index in [1.807, 2.05) is 6.08 Å². The molecule has 0 aliphatic rings. The van der Waals surface area contributed by atoms with E-state index in [2.05, 4.69) is 71.7 Å². The quantitative estimate of drug-likeness (QED) is 0.762. The van der Waals surface area contributed by atoms with Crippen molar-refractivity contribution in [2.75, 3.05) is 24.5 Å². The number of hydrogen-bond donors (Lipinski definition) is 1. The second-order valence-corrected chi connectivity index (χ2v) is 5.17. The first-order valence-corrected chi connectivity index (χ1v) is 7.32. The smallest absolute Gasteiger partial charge is 0.0513 e. The van der Waals surface area contributed by atoms with Crippen molar-refractivity contribution in [2.24, 2.45) is 0 Å². The highest BCUT2D eigenvalue weighted by molar-refractivity contribution is 9.10. The van der Waals surface area contributed by atoms with Crippen LogP contribution in [0.3, 0.4) is 0 Å². The first-order valence-electron chi connectivity index (χ1n) is 6.52. The van der Waals surface area contributed by atoms with Gasteiger partial charge in [0.25, 0.3) is 0 Å². The van der Waals surface area contributed by atoms with Crippen LogP contribution in [-0.2, 0) is 0 Å². The lowest BCUT2D eigenvalue weighted by atomic mass is 10.1. The Balaban J connectivity index is 2.94. The van der Waals surface area contributed by atoms with Crippen LogP contribution in [0, 0.1) is 0 Å². The summed E-state index contributed by atoms with van der Waals surface area (Å²) in [6, 6.07) is 6.96. The van der Waals surface area contributed by atoms with E-state index in [1.165, 1.54) is 11.3 Å². The highest BCUT2D eigenvalue weighted by atomic mass is 79.9. The lowest BCUT2D eigenvalue weighted by molar-refractivity contribution is 0.598. The second kappa shape index (κ2) is 7.59. The topological polar surface area (TPSA) is 15.3 Å². The fourth-order valence-corrected chi connectivity index (χ4v) is 2.67. The zero-order chi connectivity index (χ0) is 13.5. The van der Waals surface area contributed by atoms with E-state index in [-0.39, 0.29) is 0 Å². The standard InChI is InChI=1S/C15H23BrN2/c1-5-10-18(7-3)15-9-8-13(11-14(15)16)12(4)17-6-2/h5,8-9,11-12,17H,1,6-7,10H2,2-4H3. The summed E-state index contributed by atoms with van der Waals surface area (Å²) in [5.41, 5.74) is 2.53. The molecule has 100 valence electrons. The molecule has 0 radical (unpaired) electrons. The van der Waals surface area contributed by atoms with Gasteiger partial charge in [-0.25, -0.2) is 0 Å². The average Bonchev–Trinajstić information content (AvgIpc) is 2.36. The summed E-state index contributed by atoms with van der Waals surface area (Å²) < 4.78 is 1.15. The SMILES string of the molecule is C=CCN(CC)c1ccc(C(C)NCC)cc1Br. The number of anilines is 1. The normalized spacial score (nSPS) is 12.2. The summed E-state index contributed by atoms with van der Waals surface area (Å²) in [4.78, 5) is 2.29. The maximum Gasteiger partial charge on any atom is 0.0513 e. The van der Waals surface area contributed by atoms with Gasteiger partial charge in [0.2, 0.25) is 0 Å². The summed E-state index contributed by atoms with van der Waals surface area (Å²) in [6.07, 6.45) is 1.94. The summed E-state index contributed by atoms with van der Waals surface area (Å²) in [6.45, 7) is 13.1.